The third-order valence-corrected chi connectivity index (χ3v) is 3.49. The molecule has 0 saturated heterocycles. The van der Waals surface area contributed by atoms with Gasteiger partial charge in [-0.25, -0.2) is 15.0 Å². The van der Waals surface area contributed by atoms with Crippen LogP contribution in [0.1, 0.15) is 22.1 Å². The number of halogens is 1. The third-order valence-electron chi connectivity index (χ3n) is 2.30. The Bertz CT molecular complexity index is 538. The second-order valence-corrected chi connectivity index (χ2v) is 5.17. The highest BCUT2D eigenvalue weighted by Gasteiger charge is 2.07. The number of aryl methyl sites for hydroxylation is 2. The van der Waals surface area contributed by atoms with Crippen molar-refractivity contribution in [1.82, 2.24) is 15.0 Å². The molecule has 0 spiro atoms. The van der Waals surface area contributed by atoms with E-state index in [-0.39, 0.29) is 0 Å². The predicted molar refractivity (Wildman–Crippen MR) is 70.7 cm³/mol. The number of thiazole rings is 1. The maximum atomic E-state index is 6.00. The zero-order chi connectivity index (χ0) is 12.4. The molecule has 0 atom stereocenters. The van der Waals surface area contributed by atoms with Crippen LogP contribution in [0.3, 0.4) is 0 Å². The van der Waals surface area contributed by atoms with Gasteiger partial charge >= 0.3 is 0 Å². The Morgan fingerprint density at radius 1 is 1.24 bits per heavy atom. The van der Waals surface area contributed by atoms with Gasteiger partial charge in [0, 0.05) is 10.9 Å². The Labute approximate surface area is 109 Å². The summed E-state index contributed by atoms with van der Waals surface area (Å²) in [4.78, 5) is 12.8. The molecule has 0 aromatic carbocycles. The number of rotatable bonds is 3. The summed E-state index contributed by atoms with van der Waals surface area (Å²) in [6.45, 7) is 6.36. The standard InChI is InChI=1S/C11H13ClN4S/c1-6-10(12)14-7(2)15-11(6)13-4-9-5-17-8(3)16-9/h5H,4H2,1-3H3,(H,13,14,15). The summed E-state index contributed by atoms with van der Waals surface area (Å²) in [7, 11) is 0. The number of nitrogens with one attached hydrogen (secondary N) is 1. The first-order valence-corrected chi connectivity index (χ1v) is 6.47. The van der Waals surface area contributed by atoms with Crippen molar-refractivity contribution in [3.8, 4) is 0 Å². The summed E-state index contributed by atoms with van der Waals surface area (Å²) in [5, 5.41) is 6.83. The monoisotopic (exact) mass is 268 g/mol. The summed E-state index contributed by atoms with van der Waals surface area (Å²) in [6.07, 6.45) is 0. The topological polar surface area (TPSA) is 50.7 Å². The second-order valence-electron chi connectivity index (χ2n) is 3.75. The van der Waals surface area contributed by atoms with Crippen LogP contribution in [0.5, 0.6) is 0 Å². The molecule has 0 aliphatic heterocycles. The summed E-state index contributed by atoms with van der Waals surface area (Å²) in [6, 6.07) is 0. The van der Waals surface area contributed by atoms with Gasteiger partial charge in [0.1, 0.15) is 16.8 Å². The van der Waals surface area contributed by atoms with Gasteiger partial charge in [0.25, 0.3) is 0 Å². The van der Waals surface area contributed by atoms with E-state index in [4.69, 9.17) is 11.6 Å². The van der Waals surface area contributed by atoms with Crippen molar-refractivity contribution in [2.45, 2.75) is 27.3 Å². The van der Waals surface area contributed by atoms with Gasteiger partial charge < -0.3 is 5.32 Å². The zero-order valence-corrected chi connectivity index (χ0v) is 11.5. The van der Waals surface area contributed by atoms with Crippen LogP contribution in [0.15, 0.2) is 5.38 Å². The predicted octanol–water partition coefficient (Wildman–Crippen LogP) is 3.12. The number of hydrogen-bond donors (Lipinski definition) is 1. The maximum absolute atomic E-state index is 6.00. The van der Waals surface area contributed by atoms with Gasteiger partial charge in [-0.2, -0.15) is 0 Å². The first-order chi connectivity index (χ1) is 8.06. The molecule has 0 bridgehead atoms. The van der Waals surface area contributed by atoms with Crippen LogP contribution < -0.4 is 5.32 Å². The smallest absolute Gasteiger partial charge is 0.137 e. The fourth-order valence-electron chi connectivity index (χ4n) is 1.43. The van der Waals surface area contributed by atoms with Crippen LogP contribution in [-0.2, 0) is 6.54 Å². The van der Waals surface area contributed by atoms with Gasteiger partial charge in [-0.1, -0.05) is 11.6 Å². The van der Waals surface area contributed by atoms with E-state index in [9.17, 15) is 0 Å². The number of nitrogens with zero attached hydrogens (tertiary/aromatic N) is 3. The van der Waals surface area contributed by atoms with Gasteiger partial charge in [0.15, 0.2) is 0 Å². The van der Waals surface area contributed by atoms with Crippen LogP contribution in [-0.4, -0.2) is 15.0 Å². The van der Waals surface area contributed by atoms with E-state index in [1.807, 2.05) is 26.2 Å². The molecule has 0 unspecified atom stereocenters. The molecule has 6 heteroatoms. The molecule has 90 valence electrons. The average molecular weight is 269 g/mol. The Balaban J connectivity index is 2.14. The molecule has 2 rings (SSSR count). The largest absolute Gasteiger partial charge is 0.364 e. The highest BCUT2D eigenvalue weighted by Crippen LogP contribution is 2.20. The van der Waals surface area contributed by atoms with Crippen molar-refractivity contribution < 1.29 is 0 Å². The molecule has 0 radical (unpaired) electrons. The average Bonchev–Trinajstić information content (AvgIpc) is 2.67. The number of aromatic nitrogens is 3. The molecule has 4 nitrogen and oxygen atoms in total. The lowest BCUT2D eigenvalue weighted by molar-refractivity contribution is 0.984. The highest BCUT2D eigenvalue weighted by molar-refractivity contribution is 7.09. The van der Waals surface area contributed by atoms with E-state index in [2.05, 4.69) is 20.3 Å². The Hall–Kier alpha value is -1.20. The Morgan fingerprint density at radius 2 is 2.00 bits per heavy atom. The lowest BCUT2D eigenvalue weighted by Crippen LogP contribution is -2.06. The molecule has 0 aliphatic carbocycles. The summed E-state index contributed by atoms with van der Waals surface area (Å²) < 4.78 is 0. The maximum Gasteiger partial charge on any atom is 0.137 e. The van der Waals surface area contributed by atoms with Crippen LogP contribution in [0, 0.1) is 20.8 Å². The molecule has 0 saturated carbocycles. The van der Waals surface area contributed by atoms with Gasteiger partial charge in [-0.05, 0) is 20.8 Å². The molecule has 2 aromatic rings. The lowest BCUT2D eigenvalue weighted by atomic mass is 10.3. The van der Waals surface area contributed by atoms with E-state index in [0.29, 0.717) is 17.5 Å². The summed E-state index contributed by atoms with van der Waals surface area (Å²) in [5.74, 6) is 1.44. The Morgan fingerprint density at radius 3 is 2.65 bits per heavy atom. The van der Waals surface area contributed by atoms with Gasteiger partial charge in [-0.3, -0.25) is 0 Å². The third kappa shape index (κ3) is 2.92. The van der Waals surface area contributed by atoms with Crippen molar-refractivity contribution >= 4 is 28.8 Å². The minimum absolute atomic E-state index is 0.495. The van der Waals surface area contributed by atoms with Crippen molar-refractivity contribution in [1.29, 1.82) is 0 Å². The van der Waals surface area contributed by atoms with Crippen LogP contribution >= 0.6 is 22.9 Å². The first kappa shape index (κ1) is 12.3. The van der Waals surface area contributed by atoms with Gasteiger partial charge in [-0.15, -0.1) is 11.3 Å². The summed E-state index contributed by atoms with van der Waals surface area (Å²) >= 11 is 7.64. The lowest BCUT2D eigenvalue weighted by Gasteiger charge is -2.08. The van der Waals surface area contributed by atoms with E-state index < -0.39 is 0 Å². The highest BCUT2D eigenvalue weighted by atomic mass is 35.5. The van der Waals surface area contributed by atoms with Crippen molar-refractivity contribution in [3.63, 3.8) is 0 Å². The Kier molecular flexibility index (Phi) is 3.59. The molecule has 0 amide bonds. The zero-order valence-electron chi connectivity index (χ0n) is 9.91. The molecule has 2 aromatic heterocycles. The molecule has 2 heterocycles. The number of hydrogen-bond acceptors (Lipinski definition) is 5. The fourth-order valence-corrected chi connectivity index (χ4v) is 2.25. The molecule has 0 aliphatic rings. The van der Waals surface area contributed by atoms with Crippen LogP contribution in [0.4, 0.5) is 5.82 Å². The normalized spacial score (nSPS) is 10.6. The first-order valence-electron chi connectivity index (χ1n) is 5.22. The van der Waals surface area contributed by atoms with Crippen molar-refractivity contribution in [3.05, 3.63) is 32.6 Å². The minimum Gasteiger partial charge on any atom is -0.364 e. The van der Waals surface area contributed by atoms with Crippen LogP contribution in [0.2, 0.25) is 5.15 Å². The van der Waals surface area contributed by atoms with Crippen molar-refractivity contribution in [2.75, 3.05) is 5.32 Å². The van der Waals surface area contributed by atoms with Gasteiger partial charge in [0.05, 0.1) is 17.2 Å². The minimum atomic E-state index is 0.495. The van der Waals surface area contributed by atoms with E-state index >= 15 is 0 Å². The van der Waals surface area contributed by atoms with Gasteiger partial charge in [0.2, 0.25) is 0 Å². The molecular weight excluding hydrogens is 256 g/mol. The molecule has 17 heavy (non-hydrogen) atoms. The van der Waals surface area contributed by atoms with E-state index in [0.717, 1.165) is 22.1 Å². The molecule has 0 fully saturated rings. The van der Waals surface area contributed by atoms with E-state index in [1.165, 1.54) is 0 Å². The van der Waals surface area contributed by atoms with E-state index in [1.54, 1.807) is 11.3 Å². The fraction of sp³-hybridized carbons (Fsp3) is 0.364. The van der Waals surface area contributed by atoms with Crippen LogP contribution in [0.25, 0.3) is 0 Å². The molecular formula is C11H13ClN4S. The quantitative estimate of drug-likeness (QED) is 0.869. The van der Waals surface area contributed by atoms with Crippen molar-refractivity contribution in [2.24, 2.45) is 0 Å². The number of anilines is 1. The second kappa shape index (κ2) is 4.98. The molecule has 1 N–H and O–H groups in total. The SMILES string of the molecule is Cc1nc(Cl)c(C)c(NCc2csc(C)n2)n1. The summed E-state index contributed by atoms with van der Waals surface area (Å²) in [5.41, 5.74) is 1.88.